The monoisotopic (exact) mass is 343 g/mol. The average Bonchev–Trinajstić information content (AvgIpc) is 2.84. The molecule has 1 unspecified atom stereocenters. The van der Waals surface area contributed by atoms with Crippen LogP contribution >= 0.6 is 0 Å². The Bertz CT molecular complexity index is 772. The molecule has 2 aromatic heterocycles. The van der Waals surface area contributed by atoms with Gasteiger partial charge in [-0.2, -0.15) is 0 Å². The van der Waals surface area contributed by atoms with E-state index in [2.05, 4.69) is 29.0 Å². The molecule has 25 heavy (non-hydrogen) atoms. The Hall–Kier alpha value is -1.79. The molecule has 2 aromatic rings. The van der Waals surface area contributed by atoms with Gasteiger partial charge in [0.25, 0.3) is 5.56 Å². The van der Waals surface area contributed by atoms with Crippen LogP contribution in [0.4, 0.5) is 0 Å². The van der Waals surface area contributed by atoms with Crippen molar-refractivity contribution >= 4 is 10.9 Å². The van der Waals surface area contributed by atoms with Crippen molar-refractivity contribution < 1.29 is 0 Å². The predicted octanol–water partition coefficient (Wildman–Crippen LogP) is 2.19. The first kappa shape index (κ1) is 18.0. The van der Waals surface area contributed by atoms with E-state index in [0.29, 0.717) is 17.8 Å². The summed E-state index contributed by atoms with van der Waals surface area (Å²) in [5.74, 6) is 1.50. The zero-order valence-corrected chi connectivity index (χ0v) is 15.5. The molecule has 0 spiro atoms. The molecule has 0 aromatic carbocycles. The Morgan fingerprint density at radius 3 is 3.00 bits per heavy atom. The normalized spacial score (nSPS) is 20.5. The minimum atomic E-state index is 0.0256. The number of pyridine rings is 1. The highest BCUT2D eigenvalue weighted by atomic mass is 16.1. The topological polar surface area (TPSA) is 63.1 Å². The van der Waals surface area contributed by atoms with Crippen LogP contribution in [0.5, 0.6) is 0 Å². The molecule has 1 fully saturated rings. The summed E-state index contributed by atoms with van der Waals surface area (Å²) in [5, 5.41) is 4.11. The number of rotatable bonds is 5. The van der Waals surface area contributed by atoms with Gasteiger partial charge in [-0.25, -0.2) is 4.98 Å². The summed E-state index contributed by atoms with van der Waals surface area (Å²) in [6.45, 7) is 11.2. The summed E-state index contributed by atoms with van der Waals surface area (Å²) in [7, 11) is 0. The van der Waals surface area contributed by atoms with Crippen molar-refractivity contribution in [1.29, 1.82) is 0 Å². The standard InChI is InChI=1S/C19H29N5O/c1-4-6-17(23-10-9-21-11-14(3)13-23)18-22-16-7-8-20-12-15(16)19(25)24(18)5-2/h7-8,12,14,17,21H,4-6,9-11,13H2,1-3H3/t14-,17?/m1/s1. The fraction of sp³-hybridized carbons (Fsp3) is 0.632. The SMILES string of the molecule is CCCC(c1nc2ccncc2c(=O)n1CC)N1CCNC[C@@H](C)C1. The van der Waals surface area contributed by atoms with Crippen molar-refractivity contribution in [1.82, 2.24) is 24.8 Å². The highest BCUT2D eigenvalue weighted by Crippen LogP contribution is 2.26. The van der Waals surface area contributed by atoms with Gasteiger partial charge in [-0.3, -0.25) is 19.2 Å². The van der Waals surface area contributed by atoms with Gasteiger partial charge in [0, 0.05) is 38.6 Å². The van der Waals surface area contributed by atoms with Gasteiger partial charge in [-0.05, 0) is 31.9 Å². The second-order valence-corrected chi connectivity index (χ2v) is 7.02. The number of nitrogens with zero attached hydrogens (tertiary/aromatic N) is 4. The van der Waals surface area contributed by atoms with Gasteiger partial charge in [0.1, 0.15) is 5.82 Å². The fourth-order valence-corrected chi connectivity index (χ4v) is 3.80. The lowest BCUT2D eigenvalue weighted by molar-refractivity contribution is 0.169. The van der Waals surface area contributed by atoms with E-state index in [1.54, 1.807) is 12.4 Å². The van der Waals surface area contributed by atoms with Crippen LogP contribution < -0.4 is 10.9 Å². The third-order valence-electron chi connectivity index (χ3n) is 5.02. The predicted molar refractivity (Wildman–Crippen MR) is 101 cm³/mol. The van der Waals surface area contributed by atoms with Crippen LogP contribution in [-0.2, 0) is 6.54 Å². The van der Waals surface area contributed by atoms with Crippen molar-refractivity contribution in [2.24, 2.45) is 5.92 Å². The van der Waals surface area contributed by atoms with Crippen LogP contribution in [0, 0.1) is 5.92 Å². The number of fused-ring (bicyclic) bond motifs is 1. The summed E-state index contributed by atoms with van der Waals surface area (Å²) in [6.07, 6.45) is 5.42. The molecule has 0 radical (unpaired) electrons. The molecule has 2 atom stereocenters. The second-order valence-electron chi connectivity index (χ2n) is 7.02. The zero-order chi connectivity index (χ0) is 17.8. The van der Waals surface area contributed by atoms with Gasteiger partial charge in [0.2, 0.25) is 0 Å². The maximum atomic E-state index is 13.0. The first-order chi connectivity index (χ1) is 12.2. The number of aromatic nitrogens is 3. The number of hydrogen-bond acceptors (Lipinski definition) is 5. The summed E-state index contributed by atoms with van der Waals surface area (Å²) in [5.41, 5.74) is 0.777. The molecule has 1 N–H and O–H groups in total. The van der Waals surface area contributed by atoms with E-state index >= 15 is 0 Å². The lowest BCUT2D eigenvalue weighted by atomic mass is 10.1. The van der Waals surface area contributed by atoms with Crippen LogP contribution in [-0.4, -0.2) is 45.6 Å². The Balaban J connectivity index is 2.10. The molecule has 3 rings (SSSR count). The van der Waals surface area contributed by atoms with E-state index in [4.69, 9.17) is 4.98 Å². The highest BCUT2D eigenvalue weighted by molar-refractivity contribution is 5.76. The maximum absolute atomic E-state index is 13.0. The van der Waals surface area contributed by atoms with Crippen molar-refractivity contribution in [3.8, 4) is 0 Å². The minimum Gasteiger partial charge on any atom is -0.315 e. The van der Waals surface area contributed by atoms with Crippen molar-refractivity contribution in [2.75, 3.05) is 26.2 Å². The highest BCUT2D eigenvalue weighted by Gasteiger charge is 2.27. The van der Waals surface area contributed by atoms with Gasteiger partial charge in [-0.15, -0.1) is 0 Å². The van der Waals surface area contributed by atoms with E-state index in [1.165, 1.54) is 0 Å². The van der Waals surface area contributed by atoms with Crippen LogP contribution in [0.3, 0.4) is 0 Å². The van der Waals surface area contributed by atoms with E-state index in [1.807, 2.05) is 17.6 Å². The molecule has 1 saturated heterocycles. The maximum Gasteiger partial charge on any atom is 0.262 e. The largest absolute Gasteiger partial charge is 0.315 e. The van der Waals surface area contributed by atoms with E-state index < -0.39 is 0 Å². The molecule has 0 amide bonds. The first-order valence-electron chi connectivity index (χ1n) is 9.44. The van der Waals surface area contributed by atoms with E-state index in [0.717, 1.165) is 50.4 Å². The van der Waals surface area contributed by atoms with Crippen LogP contribution in [0.25, 0.3) is 10.9 Å². The Kier molecular flexibility index (Phi) is 5.81. The third-order valence-corrected chi connectivity index (χ3v) is 5.02. The molecular formula is C19H29N5O. The number of nitrogens with one attached hydrogen (secondary N) is 1. The average molecular weight is 343 g/mol. The lowest BCUT2D eigenvalue weighted by Crippen LogP contribution is -2.38. The van der Waals surface area contributed by atoms with Crippen LogP contribution in [0.2, 0.25) is 0 Å². The molecule has 6 heteroatoms. The number of hydrogen-bond donors (Lipinski definition) is 1. The van der Waals surface area contributed by atoms with E-state index in [9.17, 15) is 4.79 Å². The third kappa shape index (κ3) is 3.75. The summed E-state index contributed by atoms with van der Waals surface area (Å²) in [6, 6.07) is 2.02. The molecule has 3 heterocycles. The molecule has 1 aliphatic rings. The zero-order valence-electron chi connectivity index (χ0n) is 15.5. The van der Waals surface area contributed by atoms with Gasteiger partial charge in [0.15, 0.2) is 0 Å². The smallest absolute Gasteiger partial charge is 0.262 e. The van der Waals surface area contributed by atoms with Gasteiger partial charge in [-0.1, -0.05) is 20.3 Å². The second kappa shape index (κ2) is 8.06. The molecule has 1 aliphatic heterocycles. The molecule has 0 bridgehead atoms. The fourth-order valence-electron chi connectivity index (χ4n) is 3.80. The molecule has 136 valence electrons. The minimum absolute atomic E-state index is 0.0256. The Labute approximate surface area is 149 Å². The Morgan fingerprint density at radius 2 is 2.24 bits per heavy atom. The van der Waals surface area contributed by atoms with Crippen molar-refractivity contribution in [2.45, 2.75) is 46.2 Å². The van der Waals surface area contributed by atoms with Gasteiger partial charge in [0.05, 0.1) is 16.9 Å². The molecule has 0 aliphatic carbocycles. The summed E-state index contributed by atoms with van der Waals surface area (Å²) in [4.78, 5) is 24.5. The van der Waals surface area contributed by atoms with E-state index in [-0.39, 0.29) is 11.6 Å². The van der Waals surface area contributed by atoms with Crippen LogP contribution in [0.1, 0.15) is 45.5 Å². The van der Waals surface area contributed by atoms with Crippen molar-refractivity contribution in [3.63, 3.8) is 0 Å². The molecule has 6 nitrogen and oxygen atoms in total. The summed E-state index contributed by atoms with van der Waals surface area (Å²) < 4.78 is 1.84. The molecule has 0 saturated carbocycles. The summed E-state index contributed by atoms with van der Waals surface area (Å²) >= 11 is 0. The van der Waals surface area contributed by atoms with Gasteiger partial charge >= 0.3 is 0 Å². The first-order valence-corrected chi connectivity index (χ1v) is 9.44. The quantitative estimate of drug-likeness (QED) is 0.902. The van der Waals surface area contributed by atoms with Crippen LogP contribution in [0.15, 0.2) is 23.3 Å². The molecular weight excluding hydrogens is 314 g/mol. The lowest BCUT2D eigenvalue weighted by Gasteiger charge is -2.32. The Morgan fingerprint density at radius 1 is 1.40 bits per heavy atom. The van der Waals surface area contributed by atoms with Crippen molar-refractivity contribution in [3.05, 3.63) is 34.6 Å². The van der Waals surface area contributed by atoms with Gasteiger partial charge < -0.3 is 5.32 Å².